The average molecular weight is 579 g/mol. The van der Waals surface area contributed by atoms with Gasteiger partial charge in [-0.2, -0.15) is 21.0 Å². The van der Waals surface area contributed by atoms with Gasteiger partial charge >= 0.3 is 0 Å². The summed E-state index contributed by atoms with van der Waals surface area (Å²) in [6.07, 6.45) is 8.34. The molecule has 0 fully saturated rings. The third-order valence-corrected chi connectivity index (χ3v) is 8.98. The van der Waals surface area contributed by atoms with Crippen molar-refractivity contribution in [3.05, 3.63) is 21.3 Å². The molecule has 1 aromatic carbocycles. The lowest BCUT2D eigenvalue weighted by Crippen LogP contribution is -2.15. The van der Waals surface area contributed by atoms with Crippen molar-refractivity contribution >= 4 is 23.5 Å². The predicted octanol–water partition coefficient (Wildman–Crippen LogP) is 8.36. The lowest BCUT2D eigenvalue weighted by molar-refractivity contribution is 0.189. The van der Waals surface area contributed by atoms with Crippen molar-refractivity contribution in [3.8, 4) is 47.3 Å². The maximum Gasteiger partial charge on any atom is 0.207 e. The van der Waals surface area contributed by atoms with E-state index in [4.69, 9.17) is 18.9 Å². The molecular formula is C30H34N4O4S2. The van der Waals surface area contributed by atoms with Crippen LogP contribution in [0.25, 0.3) is 0 Å². The highest BCUT2D eigenvalue weighted by Crippen LogP contribution is 2.65. The molecule has 2 aliphatic heterocycles. The molecule has 0 spiro atoms. The molecular weight excluding hydrogens is 544 g/mol. The maximum atomic E-state index is 9.51. The van der Waals surface area contributed by atoms with Crippen molar-refractivity contribution in [2.45, 2.75) is 88.9 Å². The Hall–Kier alpha value is -3.44. The SMILES string of the molecule is CCCCC(CC)COc1c(OCC(CC)CCCC)c2c(c3c1OC(=C(C#N)C#N)S3)OC(=C(C#N)C#N)S2. The molecule has 40 heavy (non-hydrogen) atoms. The molecule has 0 saturated carbocycles. The molecule has 2 aliphatic rings. The Morgan fingerprint density at radius 1 is 0.675 bits per heavy atom. The molecule has 0 radical (unpaired) electrons. The van der Waals surface area contributed by atoms with E-state index < -0.39 is 0 Å². The summed E-state index contributed by atoms with van der Waals surface area (Å²) < 4.78 is 25.1. The summed E-state index contributed by atoms with van der Waals surface area (Å²) >= 11 is 2.24. The first-order valence-corrected chi connectivity index (χ1v) is 15.4. The van der Waals surface area contributed by atoms with Crippen molar-refractivity contribution in [3.63, 3.8) is 0 Å². The summed E-state index contributed by atoms with van der Waals surface area (Å²) in [7, 11) is 0. The largest absolute Gasteiger partial charge is 0.488 e. The van der Waals surface area contributed by atoms with E-state index in [1.807, 2.05) is 24.3 Å². The molecule has 0 aromatic heterocycles. The second kappa shape index (κ2) is 15.4. The number of unbranched alkanes of at least 4 members (excludes halogenated alkanes) is 2. The summed E-state index contributed by atoms with van der Waals surface area (Å²) in [5, 5.41) is 38.3. The van der Waals surface area contributed by atoms with Crippen LogP contribution in [0.4, 0.5) is 0 Å². The van der Waals surface area contributed by atoms with Crippen molar-refractivity contribution in [2.75, 3.05) is 13.2 Å². The van der Waals surface area contributed by atoms with Crippen LogP contribution in [0.15, 0.2) is 31.1 Å². The highest BCUT2D eigenvalue weighted by molar-refractivity contribution is 8.04. The van der Waals surface area contributed by atoms with E-state index in [1.165, 1.54) is 0 Å². The second-order valence-corrected chi connectivity index (χ2v) is 11.6. The van der Waals surface area contributed by atoms with E-state index in [-0.39, 0.29) is 21.3 Å². The molecule has 2 atom stereocenters. The molecule has 0 N–H and O–H groups in total. The average Bonchev–Trinajstić information content (AvgIpc) is 3.60. The number of thioether (sulfide) groups is 2. The summed E-state index contributed by atoms with van der Waals surface area (Å²) in [5.74, 6) is 2.17. The van der Waals surface area contributed by atoms with Crippen LogP contribution in [-0.4, -0.2) is 13.2 Å². The van der Waals surface area contributed by atoms with Gasteiger partial charge in [0.2, 0.25) is 5.75 Å². The Bertz CT molecular complexity index is 1190. The van der Waals surface area contributed by atoms with Crippen molar-refractivity contribution in [1.29, 1.82) is 21.0 Å². The maximum absolute atomic E-state index is 9.51. The van der Waals surface area contributed by atoms with E-state index in [2.05, 4.69) is 27.7 Å². The predicted molar refractivity (Wildman–Crippen MR) is 154 cm³/mol. The zero-order chi connectivity index (χ0) is 29.1. The molecule has 0 amide bonds. The topological polar surface area (TPSA) is 132 Å². The van der Waals surface area contributed by atoms with Gasteiger partial charge in [-0.1, -0.05) is 66.2 Å². The standard InChI is InChI=1S/C30H34N4O4S2/c1-5-9-11-19(7-3)17-35-23-24(36-18-20(8-4)12-10-6-2)27-26(38-30(39-27)22(15-33)16-34)28-25(23)37-29(40-28)21(13-31)14-32/h19-20H,5-12,17-18H2,1-4H3. The molecule has 2 heterocycles. The highest BCUT2D eigenvalue weighted by atomic mass is 32.2. The van der Waals surface area contributed by atoms with Crippen LogP contribution in [0, 0.1) is 57.2 Å². The Balaban J connectivity index is 2.16. The van der Waals surface area contributed by atoms with Crippen LogP contribution in [-0.2, 0) is 0 Å². The van der Waals surface area contributed by atoms with Gasteiger partial charge in [0.1, 0.15) is 34.1 Å². The zero-order valence-electron chi connectivity index (χ0n) is 23.5. The van der Waals surface area contributed by atoms with Gasteiger partial charge in [0.25, 0.3) is 0 Å². The van der Waals surface area contributed by atoms with Crippen molar-refractivity contribution < 1.29 is 18.9 Å². The third-order valence-electron chi connectivity index (χ3n) is 6.89. The van der Waals surface area contributed by atoms with Crippen molar-refractivity contribution in [2.24, 2.45) is 11.8 Å². The minimum atomic E-state index is -0.167. The van der Waals surface area contributed by atoms with E-state index in [9.17, 15) is 21.0 Å². The minimum Gasteiger partial charge on any atom is -0.488 e. The Morgan fingerprint density at radius 2 is 1.12 bits per heavy atom. The van der Waals surface area contributed by atoms with Gasteiger partial charge in [-0.3, -0.25) is 0 Å². The number of benzene rings is 1. The molecule has 1 aromatic rings. The van der Waals surface area contributed by atoms with Crippen LogP contribution < -0.4 is 18.9 Å². The van der Waals surface area contributed by atoms with Crippen LogP contribution in [0.3, 0.4) is 0 Å². The first kappa shape index (κ1) is 31.1. The van der Waals surface area contributed by atoms with Crippen LogP contribution in [0.1, 0.15) is 79.1 Å². The first-order valence-electron chi connectivity index (χ1n) is 13.8. The van der Waals surface area contributed by atoms with Gasteiger partial charge in [0.15, 0.2) is 38.6 Å². The number of nitriles is 4. The van der Waals surface area contributed by atoms with E-state index in [0.717, 1.165) is 74.9 Å². The number of fused-ring (bicyclic) bond motifs is 3. The lowest BCUT2D eigenvalue weighted by Gasteiger charge is -2.22. The zero-order valence-corrected chi connectivity index (χ0v) is 25.1. The number of allylic oxidation sites excluding steroid dienone is 2. The summed E-state index contributed by atoms with van der Waals surface area (Å²) in [4.78, 5) is 1.11. The fourth-order valence-corrected chi connectivity index (χ4v) is 6.32. The molecule has 3 rings (SSSR count). The normalized spacial score (nSPS) is 14.3. The van der Waals surface area contributed by atoms with Crippen LogP contribution >= 0.6 is 23.5 Å². The Kier molecular flexibility index (Phi) is 12.0. The fourth-order valence-electron chi connectivity index (χ4n) is 4.30. The third kappa shape index (κ3) is 7.00. The summed E-state index contributed by atoms with van der Waals surface area (Å²) in [6.45, 7) is 9.49. The summed E-state index contributed by atoms with van der Waals surface area (Å²) in [6, 6.07) is 7.55. The van der Waals surface area contributed by atoms with Gasteiger partial charge in [-0.25, -0.2) is 0 Å². The minimum absolute atomic E-state index is 0.128. The van der Waals surface area contributed by atoms with Gasteiger partial charge in [-0.15, -0.1) is 0 Å². The van der Waals surface area contributed by atoms with E-state index in [1.54, 1.807) is 0 Å². The molecule has 0 aliphatic carbocycles. The van der Waals surface area contributed by atoms with Gasteiger partial charge in [0, 0.05) is 0 Å². The van der Waals surface area contributed by atoms with Gasteiger partial charge in [-0.05, 0) is 48.2 Å². The number of nitrogens with zero attached hydrogens (tertiary/aromatic N) is 4. The smallest absolute Gasteiger partial charge is 0.207 e. The molecule has 8 nitrogen and oxygen atoms in total. The molecule has 0 bridgehead atoms. The summed E-state index contributed by atoms with van der Waals surface area (Å²) in [5.41, 5.74) is -0.322. The number of hydrogen-bond acceptors (Lipinski definition) is 10. The number of hydrogen-bond donors (Lipinski definition) is 0. The van der Waals surface area contributed by atoms with Gasteiger partial charge < -0.3 is 18.9 Å². The first-order chi connectivity index (χ1) is 19.5. The van der Waals surface area contributed by atoms with Gasteiger partial charge in [0.05, 0.1) is 13.2 Å². The molecule has 10 heteroatoms. The Labute approximate surface area is 245 Å². The van der Waals surface area contributed by atoms with Crippen molar-refractivity contribution in [1.82, 2.24) is 0 Å². The van der Waals surface area contributed by atoms with Crippen LogP contribution in [0.5, 0.6) is 23.0 Å². The molecule has 0 saturated heterocycles. The molecule has 210 valence electrons. The monoisotopic (exact) mass is 578 g/mol. The molecule has 2 unspecified atom stereocenters. The van der Waals surface area contributed by atoms with Crippen LogP contribution in [0.2, 0.25) is 0 Å². The van der Waals surface area contributed by atoms with E-state index >= 15 is 0 Å². The number of ether oxygens (including phenoxy) is 4. The highest BCUT2D eigenvalue weighted by Gasteiger charge is 2.41. The second-order valence-electron chi connectivity index (χ2n) is 9.61. The quantitative estimate of drug-likeness (QED) is 0.198. The Morgan fingerprint density at radius 3 is 1.57 bits per heavy atom. The lowest BCUT2D eigenvalue weighted by atomic mass is 10.0. The fraction of sp³-hybridized carbons (Fsp3) is 0.533. The number of rotatable bonds is 14. The van der Waals surface area contributed by atoms with E-state index in [0.29, 0.717) is 57.8 Å².